The summed E-state index contributed by atoms with van der Waals surface area (Å²) in [6.07, 6.45) is -3.67. The van der Waals surface area contributed by atoms with Crippen molar-refractivity contribution in [2.75, 3.05) is 19.9 Å². The van der Waals surface area contributed by atoms with E-state index in [9.17, 15) is 31.3 Å². The Morgan fingerprint density at radius 2 is 1.87 bits per heavy atom. The lowest BCUT2D eigenvalue weighted by Gasteiger charge is -2.34. The van der Waals surface area contributed by atoms with Crippen molar-refractivity contribution in [3.05, 3.63) is 29.6 Å². The molecule has 4 atom stereocenters. The maximum Gasteiger partial charge on any atom is 0.269 e. The Bertz CT molecular complexity index is 1310. The maximum absolute atomic E-state index is 13.7. The van der Waals surface area contributed by atoms with Gasteiger partial charge in [-0.3, -0.25) is 4.79 Å². The molecule has 0 saturated heterocycles. The topological polar surface area (TPSA) is 100 Å². The number of carbonyl (C=O) groups is 1. The van der Waals surface area contributed by atoms with Crippen LogP contribution < -0.4 is 10.0 Å². The van der Waals surface area contributed by atoms with Gasteiger partial charge in [-0.25, -0.2) is 26.9 Å². The number of ether oxygens (including phenoxy) is 2. The van der Waals surface area contributed by atoms with Crippen LogP contribution in [0.1, 0.15) is 77.4 Å². The zero-order chi connectivity index (χ0) is 34.7. The number of fused-ring (bicyclic) bond motifs is 1. The first-order valence-electron chi connectivity index (χ1n) is 15.6. The molecule has 0 spiro atoms. The Hall–Kier alpha value is -1.78. The predicted octanol–water partition coefficient (Wildman–Crippen LogP) is 7.06. The van der Waals surface area contributed by atoms with E-state index in [1.54, 1.807) is 44.4 Å². The van der Waals surface area contributed by atoms with Gasteiger partial charge in [0.25, 0.3) is 6.43 Å². The van der Waals surface area contributed by atoms with E-state index in [-0.39, 0.29) is 37.8 Å². The lowest BCUT2D eigenvalue weighted by atomic mass is 9.79. The molecule has 1 fully saturated rings. The molecule has 1 aromatic carbocycles. The minimum absolute atomic E-state index is 0.0177. The van der Waals surface area contributed by atoms with Gasteiger partial charge in [-0.2, -0.15) is 0 Å². The van der Waals surface area contributed by atoms with Crippen molar-refractivity contribution < 1.29 is 40.8 Å². The van der Waals surface area contributed by atoms with Gasteiger partial charge >= 0.3 is 0 Å². The number of rotatable bonds is 17. The van der Waals surface area contributed by atoms with E-state index in [1.807, 2.05) is 6.07 Å². The van der Waals surface area contributed by atoms with Crippen LogP contribution in [-0.4, -0.2) is 70.7 Å². The number of halogens is 5. The second-order valence-electron chi connectivity index (χ2n) is 14.7. The first-order chi connectivity index (χ1) is 21.1. The molecule has 2 N–H and O–H groups in total. The van der Waals surface area contributed by atoms with Crippen LogP contribution in [0.4, 0.5) is 22.0 Å². The van der Waals surface area contributed by atoms with Crippen molar-refractivity contribution in [3.8, 4) is 0 Å². The summed E-state index contributed by atoms with van der Waals surface area (Å²) in [6.45, 7) is 13.3. The Balaban J connectivity index is 1.97. The summed E-state index contributed by atoms with van der Waals surface area (Å²) in [4.78, 5) is 17.4. The van der Waals surface area contributed by atoms with Gasteiger partial charge in [-0.15, -0.1) is 4.72 Å². The summed E-state index contributed by atoms with van der Waals surface area (Å²) >= 11 is -1.68. The number of benzene rings is 1. The average Bonchev–Trinajstić information content (AvgIpc) is 3.28. The van der Waals surface area contributed by atoms with Crippen molar-refractivity contribution >= 4 is 36.4 Å². The van der Waals surface area contributed by atoms with E-state index in [0.29, 0.717) is 23.5 Å². The molecule has 1 saturated carbocycles. The van der Waals surface area contributed by atoms with E-state index in [2.05, 4.69) is 29.7 Å². The van der Waals surface area contributed by atoms with Gasteiger partial charge in [0, 0.05) is 45.3 Å². The van der Waals surface area contributed by atoms with Gasteiger partial charge in [-0.05, 0) is 64.3 Å². The van der Waals surface area contributed by atoms with E-state index in [4.69, 9.17) is 14.5 Å². The maximum atomic E-state index is 13.7. The molecule has 0 bridgehead atoms. The Morgan fingerprint density at radius 3 is 2.41 bits per heavy atom. The summed E-state index contributed by atoms with van der Waals surface area (Å²) in [5.74, 6) is -3.07. The molecule has 8 nitrogen and oxygen atoms in total. The summed E-state index contributed by atoms with van der Waals surface area (Å²) in [7, 11) is -1.43. The van der Waals surface area contributed by atoms with Gasteiger partial charge in [-0.1, -0.05) is 25.7 Å². The Kier molecular flexibility index (Phi) is 12.8. The van der Waals surface area contributed by atoms with Crippen LogP contribution in [-0.2, 0) is 32.4 Å². The van der Waals surface area contributed by atoms with Gasteiger partial charge in [0.15, 0.2) is 5.60 Å². The van der Waals surface area contributed by atoms with E-state index in [1.165, 1.54) is 0 Å². The second-order valence-corrected chi connectivity index (χ2v) is 22.3. The first kappa shape index (κ1) is 38.7. The molecular formula is C31H49F5N4O4SSi. The summed E-state index contributed by atoms with van der Waals surface area (Å²) in [5.41, 5.74) is -0.519. The van der Waals surface area contributed by atoms with Crippen LogP contribution in [0.5, 0.6) is 0 Å². The van der Waals surface area contributed by atoms with Crippen molar-refractivity contribution in [2.24, 2.45) is 5.92 Å². The molecule has 1 heterocycles. The number of hydrogen-bond acceptors (Lipinski definition) is 6. The number of aromatic nitrogens is 2. The minimum Gasteiger partial charge on any atom is -0.598 e. The van der Waals surface area contributed by atoms with Crippen molar-refractivity contribution in [3.63, 3.8) is 0 Å². The smallest absolute Gasteiger partial charge is 0.269 e. The monoisotopic (exact) mass is 696 g/mol. The van der Waals surface area contributed by atoms with Gasteiger partial charge < -0.3 is 23.9 Å². The fourth-order valence-corrected chi connectivity index (χ4v) is 6.38. The molecule has 1 unspecified atom stereocenters. The Labute approximate surface area is 272 Å². The molecule has 3 rings (SSSR count). The lowest BCUT2D eigenvalue weighted by molar-refractivity contribution is -0.143. The van der Waals surface area contributed by atoms with Crippen LogP contribution in [0.25, 0.3) is 11.0 Å². The van der Waals surface area contributed by atoms with Gasteiger partial charge in [0.2, 0.25) is 11.8 Å². The standard InChI is InChI=1S/C31H49F5N4O4SSi/c1-20(37-26(41)13-21-15-31(35,36)16-21)22-9-10-23-25(14-22)40(19-43-11-12-46(6,7)8)27(38-23)24(39-45(42)29(2,3)4)17-44-30(5,18-32)28(33)34/h9-10,14,20-21,24,28,39H,11-13,15-19H2,1-8H3,(H,37,41)/t20-,24+,30?,45-/m1/s1. The molecule has 262 valence electrons. The molecule has 15 heteroatoms. The largest absolute Gasteiger partial charge is 0.598 e. The third-order valence-electron chi connectivity index (χ3n) is 7.97. The third-order valence-corrected chi connectivity index (χ3v) is 11.3. The van der Waals surface area contributed by atoms with Gasteiger partial charge in [0.05, 0.1) is 23.7 Å². The highest BCUT2D eigenvalue weighted by molar-refractivity contribution is 7.90. The van der Waals surface area contributed by atoms with Crippen molar-refractivity contribution in [1.82, 2.24) is 19.6 Å². The van der Waals surface area contributed by atoms with E-state index >= 15 is 0 Å². The van der Waals surface area contributed by atoms with Crippen LogP contribution >= 0.6 is 0 Å². The molecule has 1 amide bonds. The molecule has 1 aliphatic carbocycles. The van der Waals surface area contributed by atoms with Gasteiger partial charge in [0.1, 0.15) is 30.0 Å². The number of amides is 1. The lowest BCUT2D eigenvalue weighted by Crippen LogP contribution is -2.46. The highest BCUT2D eigenvalue weighted by Gasteiger charge is 2.46. The SMILES string of the molecule is C[C@@H](NC(=O)CC1CC(F)(F)C1)c1ccc2nc([C@H](COC(C)(CF)C(F)F)N[S@+]([O-])C(C)(C)C)n(COCC[Si](C)(C)C)c2c1. The van der Waals surface area contributed by atoms with Crippen molar-refractivity contribution in [1.29, 1.82) is 0 Å². The molecular weight excluding hydrogens is 648 g/mol. The summed E-state index contributed by atoms with van der Waals surface area (Å²) in [6, 6.07) is 4.78. The van der Waals surface area contributed by atoms with Crippen molar-refractivity contribution in [2.45, 2.75) is 121 Å². The van der Waals surface area contributed by atoms with E-state index < -0.39 is 67.5 Å². The summed E-state index contributed by atoms with van der Waals surface area (Å²) < 4.78 is 96.4. The minimum atomic E-state index is -3.10. The number of imidazole rings is 1. The fraction of sp³-hybridized carbons (Fsp3) is 0.742. The number of carbonyl (C=O) groups excluding carboxylic acids is 1. The molecule has 1 aliphatic rings. The fourth-order valence-electron chi connectivity index (χ4n) is 4.84. The quantitative estimate of drug-likeness (QED) is 0.0795. The molecule has 46 heavy (non-hydrogen) atoms. The number of alkyl halides is 5. The molecule has 0 aliphatic heterocycles. The highest BCUT2D eigenvalue weighted by Crippen LogP contribution is 2.44. The molecule has 2 aromatic rings. The number of nitrogens with one attached hydrogen (secondary N) is 2. The zero-order valence-electron chi connectivity index (χ0n) is 28.0. The Morgan fingerprint density at radius 1 is 1.22 bits per heavy atom. The normalized spacial score (nSPS) is 19.1. The second kappa shape index (κ2) is 15.2. The predicted molar refractivity (Wildman–Crippen MR) is 173 cm³/mol. The first-order valence-corrected chi connectivity index (χ1v) is 20.4. The van der Waals surface area contributed by atoms with E-state index in [0.717, 1.165) is 18.5 Å². The van der Waals surface area contributed by atoms with Crippen LogP contribution in [0.15, 0.2) is 18.2 Å². The number of hydrogen-bond donors (Lipinski definition) is 2. The third kappa shape index (κ3) is 10.6. The average molecular weight is 697 g/mol. The molecule has 1 aromatic heterocycles. The van der Waals surface area contributed by atoms with Crippen LogP contribution in [0.2, 0.25) is 25.7 Å². The highest BCUT2D eigenvalue weighted by atomic mass is 32.2. The zero-order valence-corrected chi connectivity index (χ0v) is 29.8. The summed E-state index contributed by atoms with van der Waals surface area (Å²) in [5, 5.41) is 2.88. The van der Waals surface area contributed by atoms with Crippen LogP contribution in [0.3, 0.4) is 0 Å². The van der Waals surface area contributed by atoms with Crippen LogP contribution in [0, 0.1) is 5.92 Å². The number of nitrogens with zero attached hydrogens (tertiary/aromatic N) is 2. The molecule has 0 radical (unpaired) electrons.